The number of anilines is 1. The van der Waals surface area contributed by atoms with Crippen molar-refractivity contribution < 1.29 is 4.79 Å². The van der Waals surface area contributed by atoms with E-state index in [0.717, 1.165) is 47.2 Å². The molecule has 1 atom stereocenters. The molecule has 126 valence electrons. The summed E-state index contributed by atoms with van der Waals surface area (Å²) in [6, 6.07) is 10.4. The second-order valence-electron chi connectivity index (χ2n) is 6.31. The lowest BCUT2D eigenvalue weighted by atomic mass is 10.0. The van der Waals surface area contributed by atoms with Gasteiger partial charge >= 0.3 is 0 Å². The predicted molar refractivity (Wildman–Crippen MR) is 100 cm³/mol. The number of pyridine rings is 1. The smallest absolute Gasteiger partial charge is 0.227 e. The number of rotatable bonds is 4. The third kappa shape index (κ3) is 4.35. The van der Waals surface area contributed by atoms with Gasteiger partial charge in [-0.3, -0.25) is 9.78 Å². The van der Waals surface area contributed by atoms with E-state index in [0.29, 0.717) is 12.5 Å². The molecule has 1 N–H and O–H groups in total. The fourth-order valence-electron chi connectivity index (χ4n) is 3.09. The third-order valence-corrected chi connectivity index (χ3v) is 4.95. The van der Waals surface area contributed by atoms with Gasteiger partial charge in [-0.15, -0.1) is 0 Å². The molecule has 0 bridgehead atoms. The summed E-state index contributed by atoms with van der Waals surface area (Å²) in [5.41, 5.74) is 3.23. The van der Waals surface area contributed by atoms with E-state index in [1.807, 2.05) is 30.0 Å². The highest BCUT2D eigenvalue weighted by atomic mass is 79.9. The van der Waals surface area contributed by atoms with E-state index >= 15 is 0 Å². The lowest BCUT2D eigenvalue weighted by Gasteiger charge is -2.34. The van der Waals surface area contributed by atoms with Gasteiger partial charge in [-0.2, -0.15) is 0 Å². The number of hydrogen-bond acceptors (Lipinski definition) is 3. The Morgan fingerprint density at radius 2 is 2.29 bits per heavy atom. The Kier molecular flexibility index (Phi) is 5.51. The molecule has 1 unspecified atom stereocenters. The molecule has 0 spiro atoms. The van der Waals surface area contributed by atoms with Crippen molar-refractivity contribution in [2.75, 3.05) is 18.4 Å². The fourth-order valence-corrected chi connectivity index (χ4v) is 3.49. The fraction of sp³-hybridized carbons (Fsp3) is 0.368. The topological polar surface area (TPSA) is 45.2 Å². The molecule has 1 aliphatic heterocycles. The third-order valence-electron chi connectivity index (χ3n) is 4.46. The Labute approximate surface area is 151 Å². The minimum absolute atomic E-state index is 0.187. The largest absolute Gasteiger partial charge is 0.380 e. The normalized spacial score (nSPS) is 17.6. The van der Waals surface area contributed by atoms with E-state index in [4.69, 9.17) is 0 Å². The highest BCUT2D eigenvalue weighted by molar-refractivity contribution is 9.10. The van der Waals surface area contributed by atoms with Gasteiger partial charge in [-0.1, -0.05) is 22.0 Å². The number of benzene rings is 1. The summed E-state index contributed by atoms with van der Waals surface area (Å²) in [4.78, 5) is 18.7. The monoisotopic (exact) mass is 387 g/mol. The molecule has 0 saturated carbocycles. The van der Waals surface area contributed by atoms with E-state index in [-0.39, 0.29) is 5.91 Å². The number of piperidine rings is 1. The quantitative estimate of drug-likeness (QED) is 0.867. The van der Waals surface area contributed by atoms with Gasteiger partial charge in [0, 0.05) is 41.7 Å². The minimum atomic E-state index is 0.187. The molecule has 1 amide bonds. The standard InChI is InChI=1S/C19H22BrN3O/c1-14-7-8-21-12-15(14)10-19(24)23-9-3-6-18(13-23)22-17-5-2-4-16(20)11-17/h2,4-5,7-8,11-12,18,22H,3,6,9-10,13H2,1H3. The zero-order valence-corrected chi connectivity index (χ0v) is 15.4. The molecule has 2 aromatic rings. The van der Waals surface area contributed by atoms with Gasteiger partial charge < -0.3 is 10.2 Å². The van der Waals surface area contributed by atoms with Gasteiger partial charge in [0.1, 0.15) is 0 Å². The van der Waals surface area contributed by atoms with Crippen LogP contribution in [-0.2, 0) is 11.2 Å². The Bertz CT molecular complexity index is 719. The first kappa shape index (κ1) is 17.0. The van der Waals surface area contributed by atoms with Crippen LogP contribution in [0, 0.1) is 6.92 Å². The van der Waals surface area contributed by atoms with Crippen LogP contribution in [0.5, 0.6) is 0 Å². The van der Waals surface area contributed by atoms with Crippen molar-refractivity contribution in [1.82, 2.24) is 9.88 Å². The molecule has 1 fully saturated rings. The molecule has 1 aromatic carbocycles. The van der Waals surface area contributed by atoms with Crippen molar-refractivity contribution in [3.8, 4) is 0 Å². The Hall–Kier alpha value is -1.88. The van der Waals surface area contributed by atoms with E-state index in [1.165, 1.54) is 0 Å². The van der Waals surface area contributed by atoms with Gasteiger partial charge in [0.2, 0.25) is 5.91 Å². The number of carbonyl (C=O) groups excluding carboxylic acids is 1. The molecule has 1 aliphatic rings. The number of aromatic nitrogens is 1. The minimum Gasteiger partial charge on any atom is -0.380 e. The average Bonchev–Trinajstić information content (AvgIpc) is 2.57. The van der Waals surface area contributed by atoms with Crippen molar-refractivity contribution in [1.29, 1.82) is 0 Å². The summed E-state index contributed by atoms with van der Waals surface area (Å²) in [5.74, 6) is 0.187. The predicted octanol–water partition coefficient (Wildman–Crippen LogP) is 3.80. The van der Waals surface area contributed by atoms with Crippen molar-refractivity contribution in [3.05, 3.63) is 58.3 Å². The number of halogens is 1. The number of aryl methyl sites for hydroxylation is 1. The van der Waals surface area contributed by atoms with Crippen LogP contribution in [0.4, 0.5) is 5.69 Å². The summed E-state index contributed by atoms with van der Waals surface area (Å²) in [7, 11) is 0. The molecule has 2 heterocycles. The Balaban J connectivity index is 1.60. The first-order valence-corrected chi connectivity index (χ1v) is 9.10. The number of amides is 1. The summed E-state index contributed by atoms with van der Waals surface area (Å²) in [6.45, 7) is 3.62. The first-order chi connectivity index (χ1) is 11.6. The maximum atomic E-state index is 12.6. The second kappa shape index (κ2) is 7.79. The molecular formula is C19H22BrN3O. The van der Waals surface area contributed by atoms with E-state index < -0.39 is 0 Å². The molecule has 4 nitrogen and oxygen atoms in total. The van der Waals surface area contributed by atoms with Crippen LogP contribution in [0.25, 0.3) is 0 Å². The van der Waals surface area contributed by atoms with Crippen LogP contribution in [0.2, 0.25) is 0 Å². The van der Waals surface area contributed by atoms with Crippen LogP contribution in [0.15, 0.2) is 47.2 Å². The highest BCUT2D eigenvalue weighted by Gasteiger charge is 2.24. The SMILES string of the molecule is Cc1ccncc1CC(=O)N1CCCC(Nc2cccc(Br)c2)C1. The van der Waals surface area contributed by atoms with Crippen LogP contribution in [0.3, 0.4) is 0 Å². The van der Waals surface area contributed by atoms with E-state index in [2.05, 4.69) is 38.4 Å². The summed E-state index contributed by atoms with van der Waals surface area (Å²) in [5, 5.41) is 3.55. The number of carbonyl (C=O) groups is 1. The molecule has 0 radical (unpaired) electrons. The van der Waals surface area contributed by atoms with Gasteiger partial charge in [0.05, 0.1) is 6.42 Å². The van der Waals surface area contributed by atoms with Gasteiger partial charge in [0.15, 0.2) is 0 Å². The second-order valence-corrected chi connectivity index (χ2v) is 7.23. The van der Waals surface area contributed by atoms with Crippen LogP contribution in [-0.4, -0.2) is 34.9 Å². The van der Waals surface area contributed by atoms with E-state index in [1.54, 1.807) is 12.4 Å². The van der Waals surface area contributed by atoms with Gasteiger partial charge in [0.25, 0.3) is 0 Å². The number of hydrogen-bond donors (Lipinski definition) is 1. The van der Waals surface area contributed by atoms with Crippen LogP contribution < -0.4 is 5.32 Å². The molecule has 5 heteroatoms. The zero-order valence-electron chi connectivity index (χ0n) is 13.8. The van der Waals surface area contributed by atoms with Crippen molar-refractivity contribution >= 4 is 27.5 Å². The maximum absolute atomic E-state index is 12.6. The van der Waals surface area contributed by atoms with Crippen LogP contribution in [0.1, 0.15) is 24.0 Å². The lowest BCUT2D eigenvalue weighted by molar-refractivity contribution is -0.131. The maximum Gasteiger partial charge on any atom is 0.227 e. The highest BCUT2D eigenvalue weighted by Crippen LogP contribution is 2.20. The number of nitrogens with one attached hydrogen (secondary N) is 1. The Morgan fingerprint density at radius 3 is 3.08 bits per heavy atom. The number of nitrogens with zero attached hydrogens (tertiary/aromatic N) is 2. The van der Waals surface area contributed by atoms with Crippen molar-refractivity contribution in [3.63, 3.8) is 0 Å². The summed E-state index contributed by atoms with van der Waals surface area (Å²) >= 11 is 3.50. The van der Waals surface area contributed by atoms with Gasteiger partial charge in [-0.05, 0) is 55.2 Å². The molecule has 0 aliphatic carbocycles. The average molecular weight is 388 g/mol. The zero-order chi connectivity index (χ0) is 16.9. The molecule has 24 heavy (non-hydrogen) atoms. The molecule has 1 saturated heterocycles. The number of likely N-dealkylation sites (tertiary alicyclic amines) is 1. The first-order valence-electron chi connectivity index (χ1n) is 8.31. The van der Waals surface area contributed by atoms with Crippen LogP contribution >= 0.6 is 15.9 Å². The lowest BCUT2D eigenvalue weighted by Crippen LogP contribution is -2.45. The van der Waals surface area contributed by atoms with Gasteiger partial charge in [-0.25, -0.2) is 0 Å². The Morgan fingerprint density at radius 1 is 1.42 bits per heavy atom. The summed E-state index contributed by atoms with van der Waals surface area (Å²) in [6.07, 6.45) is 6.12. The molecule has 1 aromatic heterocycles. The molecule has 3 rings (SSSR count). The van der Waals surface area contributed by atoms with Crippen molar-refractivity contribution in [2.45, 2.75) is 32.2 Å². The van der Waals surface area contributed by atoms with Crippen molar-refractivity contribution in [2.24, 2.45) is 0 Å². The molecular weight excluding hydrogens is 366 g/mol. The van der Waals surface area contributed by atoms with E-state index in [9.17, 15) is 4.79 Å². The summed E-state index contributed by atoms with van der Waals surface area (Å²) < 4.78 is 1.06.